The molecule has 4 heteroatoms. The Morgan fingerprint density at radius 2 is 2.29 bits per heavy atom. The van der Waals surface area contributed by atoms with Crippen molar-refractivity contribution < 1.29 is 14.3 Å². The van der Waals surface area contributed by atoms with Crippen LogP contribution in [0.2, 0.25) is 0 Å². The lowest BCUT2D eigenvalue weighted by molar-refractivity contribution is -0.131. The lowest BCUT2D eigenvalue weighted by Crippen LogP contribution is -2.17. The second kappa shape index (κ2) is 5.71. The normalized spacial score (nSPS) is 10.2. The summed E-state index contributed by atoms with van der Waals surface area (Å²) in [6, 6.07) is 4.27. The van der Waals surface area contributed by atoms with Gasteiger partial charge in [0, 0.05) is 18.8 Å². The first-order valence-electron chi connectivity index (χ1n) is 4.89. The average molecular weight is 233 g/mol. The highest BCUT2D eigenvalue weighted by atomic mass is 19.1. The standard InChI is InChI=1S/C13H12FNO2/c1-3-6-15(2)12-8-10(4-5-13(16)17)7-11(14)9-12/h1,4-5,7-9H,6H2,2H3,(H,16,17)/b5-4+. The maximum Gasteiger partial charge on any atom is 0.328 e. The van der Waals surface area contributed by atoms with Gasteiger partial charge in [0.1, 0.15) is 5.82 Å². The molecule has 88 valence electrons. The Labute approximate surface area is 99.2 Å². The molecule has 0 unspecified atom stereocenters. The van der Waals surface area contributed by atoms with Crippen molar-refractivity contribution in [2.24, 2.45) is 0 Å². The maximum atomic E-state index is 13.3. The lowest BCUT2D eigenvalue weighted by Gasteiger charge is -2.16. The van der Waals surface area contributed by atoms with Crippen molar-refractivity contribution in [3.8, 4) is 12.3 Å². The van der Waals surface area contributed by atoms with E-state index in [1.54, 1.807) is 18.0 Å². The highest BCUT2D eigenvalue weighted by molar-refractivity contribution is 5.85. The molecule has 0 atom stereocenters. The van der Waals surface area contributed by atoms with Gasteiger partial charge < -0.3 is 10.0 Å². The quantitative estimate of drug-likeness (QED) is 0.638. The van der Waals surface area contributed by atoms with Gasteiger partial charge in [-0.05, 0) is 29.8 Å². The molecule has 3 nitrogen and oxygen atoms in total. The molecule has 0 aliphatic carbocycles. The van der Waals surface area contributed by atoms with Crippen LogP contribution in [0.3, 0.4) is 0 Å². The number of benzene rings is 1. The van der Waals surface area contributed by atoms with Crippen LogP contribution in [0.1, 0.15) is 5.56 Å². The van der Waals surface area contributed by atoms with Crippen LogP contribution in [0.15, 0.2) is 24.3 Å². The molecule has 0 fully saturated rings. The molecule has 0 saturated heterocycles. The molecular formula is C13H12FNO2. The van der Waals surface area contributed by atoms with Gasteiger partial charge in [-0.15, -0.1) is 6.42 Å². The smallest absolute Gasteiger partial charge is 0.328 e. The molecule has 0 aliphatic rings. The van der Waals surface area contributed by atoms with Crippen LogP contribution >= 0.6 is 0 Å². The monoisotopic (exact) mass is 233 g/mol. The van der Waals surface area contributed by atoms with E-state index in [0.717, 1.165) is 6.08 Å². The largest absolute Gasteiger partial charge is 0.478 e. The molecule has 17 heavy (non-hydrogen) atoms. The molecule has 1 N–H and O–H groups in total. The first-order valence-corrected chi connectivity index (χ1v) is 4.89. The van der Waals surface area contributed by atoms with E-state index < -0.39 is 11.8 Å². The van der Waals surface area contributed by atoms with Gasteiger partial charge in [-0.1, -0.05) is 5.92 Å². The van der Waals surface area contributed by atoms with Crippen molar-refractivity contribution in [3.63, 3.8) is 0 Å². The molecule has 0 spiro atoms. The number of hydrogen-bond donors (Lipinski definition) is 1. The number of carboxylic acids is 1. The number of carboxylic acid groups (broad SMARTS) is 1. The van der Waals surface area contributed by atoms with E-state index >= 15 is 0 Å². The van der Waals surface area contributed by atoms with Crippen molar-refractivity contribution in [1.82, 2.24) is 0 Å². The zero-order valence-electron chi connectivity index (χ0n) is 9.35. The van der Waals surface area contributed by atoms with E-state index in [1.807, 2.05) is 0 Å². The first-order chi connectivity index (χ1) is 8.02. The Morgan fingerprint density at radius 1 is 1.59 bits per heavy atom. The SMILES string of the molecule is C#CCN(C)c1cc(F)cc(/C=C/C(=O)O)c1. The van der Waals surface area contributed by atoms with Gasteiger partial charge in [0.25, 0.3) is 0 Å². The van der Waals surface area contributed by atoms with Crippen molar-refractivity contribution in [1.29, 1.82) is 0 Å². The topological polar surface area (TPSA) is 40.5 Å². The Balaban J connectivity index is 3.02. The fraction of sp³-hybridized carbons (Fsp3) is 0.154. The van der Waals surface area contributed by atoms with E-state index in [0.29, 0.717) is 17.8 Å². The van der Waals surface area contributed by atoms with E-state index in [9.17, 15) is 9.18 Å². The van der Waals surface area contributed by atoms with Gasteiger partial charge in [0.2, 0.25) is 0 Å². The molecule has 1 aromatic rings. The lowest BCUT2D eigenvalue weighted by atomic mass is 10.1. The van der Waals surface area contributed by atoms with Crippen molar-refractivity contribution in [3.05, 3.63) is 35.7 Å². The number of nitrogens with zero attached hydrogens (tertiary/aromatic N) is 1. The summed E-state index contributed by atoms with van der Waals surface area (Å²) in [5, 5.41) is 8.49. The Morgan fingerprint density at radius 3 is 2.88 bits per heavy atom. The molecule has 1 aromatic carbocycles. The maximum absolute atomic E-state index is 13.3. The van der Waals surface area contributed by atoms with E-state index in [2.05, 4.69) is 5.92 Å². The first kappa shape index (κ1) is 12.8. The van der Waals surface area contributed by atoms with Gasteiger partial charge >= 0.3 is 5.97 Å². The number of terminal acetylenes is 1. The van der Waals surface area contributed by atoms with Crippen LogP contribution in [-0.2, 0) is 4.79 Å². The third-order valence-corrected chi connectivity index (χ3v) is 2.09. The molecular weight excluding hydrogens is 221 g/mol. The fourth-order valence-corrected chi connectivity index (χ4v) is 1.31. The summed E-state index contributed by atoms with van der Waals surface area (Å²) in [5.41, 5.74) is 1.08. The molecule has 0 aromatic heterocycles. The summed E-state index contributed by atoms with van der Waals surface area (Å²) in [6.45, 7) is 0.353. The number of anilines is 1. The zero-order chi connectivity index (χ0) is 12.8. The van der Waals surface area contributed by atoms with Crippen LogP contribution in [0.25, 0.3) is 6.08 Å². The number of rotatable bonds is 4. The van der Waals surface area contributed by atoms with Gasteiger partial charge in [-0.3, -0.25) is 0 Å². The summed E-state index contributed by atoms with van der Waals surface area (Å²) in [4.78, 5) is 12.1. The van der Waals surface area contributed by atoms with E-state index in [1.165, 1.54) is 18.2 Å². The molecule has 0 saturated carbocycles. The summed E-state index contributed by atoms with van der Waals surface area (Å²) < 4.78 is 13.3. The Hall–Kier alpha value is -2.28. The molecule has 0 heterocycles. The second-order valence-electron chi connectivity index (χ2n) is 3.47. The number of carbonyl (C=O) groups is 1. The van der Waals surface area contributed by atoms with Crippen LogP contribution < -0.4 is 4.90 Å². The highest BCUT2D eigenvalue weighted by Gasteiger charge is 2.03. The van der Waals surface area contributed by atoms with Crippen molar-refractivity contribution in [2.75, 3.05) is 18.5 Å². The third-order valence-electron chi connectivity index (χ3n) is 2.09. The average Bonchev–Trinajstić information content (AvgIpc) is 2.26. The van der Waals surface area contributed by atoms with Crippen LogP contribution in [-0.4, -0.2) is 24.7 Å². The number of aliphatic carboxylic acids is 1. The minimum Gasteiger partial charge on any atom is -0.478 e. The molecule has 1 rings (SSSR count). The second-order valence-corrected chi connectivity index (χ2v) is 3.47. The summed E-state index contributed by atoms with van der Waals surface area (Å²) in [6.07, 6.45) is 7.45. The van der Waals surface area contributed by atoms with Gasteiger partial charge in [0.05, 0.1) is 6.54 Å². The zero-order valence-corrected chi connectivity index (χ0v) is 9.35. The third kappa shape index (κ3) is 3.99. The summed E-state index contributed by atoms with van der Waals surface area (Å²) >= 11 is 0. The van der Waals surface area contributed by atoms with Crippen LogP contribution in [0.4, 0.5) is 10.1 Å². The number of hydrogen-bond acceptors (Lipinski definition) is 2. The Bertz CT molecular complexity index is 489. The van der Waals surface area contributed by atoms with Gasteiger partial charge in [-0.2, -0.15) is 0 Å². The minimum absolute atomic E-state index is 0.353. The predicted octanol–water partition coefficient (Wildman–Crippen LogP) is 1.99. The highest BCUT2D eigenvalue weighted by Crippen LogP contribution is 2.18. The van der Waals surface area contributed by atoms with Crippen molar-refractivity contribution in [2.45, 2.75) is 0 Å². The van der Waals surface area contributed by atoms with E-state index in [-0.39, 0.29) is 0 Å². The van der Waals surface area contributed by atoms with Crippen molar-refractivity contribution >= 4 is 17.7 Å². The molecule has 0 radical (unpaired) electrons. The number of halogens is 1. The Kier molecular flexibility index (Phi) is 4.29. The molecule has 0 aliphatic heterocycles. The van der Waals surface area contributed by atoms with E-state index in [4.69, 9.17) is 11.5 Å². The van der Waals surface area contributed by atoms with Crippen LogP contribution in [0.5, 0.6) is 0 Å². The minimum atomic E-state index is -1.08. The summed E-state index contributed by atoms with van der Waals surface area (Å²) in [5.74, 6) is 0.936. The summed E-state index contributed by atoms with van der Waals surface area (Å²) in [7, 11) is 1.74. The predicted molar refractivity (Wildman–Crippen MR) is 65.2 cm³/mol. The fourth-order valence-electron chi connectivity index (χ4n) is 1.31. The van der Waals surface area contributed by atoms with Crippen LogP contribution in [0, 0.1) is 18.2 Å². The van der Waals surface area contributed by atoms with Gasteiger partial charge in [0.15, 0.2) is 0 Å². The van der Waals surface area contributed by atoms with Gasteiger partial charge in [-0.25, -0.2) is 9.18 Å². The molecule has 0 amide bonds. The molecule has 0 bridgehead atoms.